The largest absolute Gasteiger partial charge is 0.416 e. The normalized spacial score (nSPS) is 12.8. The smallest absolute Gasteiger partial charge is 0.382 e. The number of nitrogens with zero attached hydrogens (tertiary/aromatic N) is 2. The zero-order valence-electron chi connectivity index (χ0n) is 14.3. The van der Waals surface area contributed by atoms with E-state index >= 15 is 0 Å². The van der Waals surface area contributed by atoms with Crippen LogP contribution < -0.4 is 16.5 Å². The lowest BCUT2D eigenvalue weighted by molar-refractivity contribution is -0.137. The second-order valence-electron chi connectivity index (χ2n) is 5.63. The first-order valence-electron chi connectivity index (χ1n) is 7.83. The summed E-state index contributed by atoms with van der Waals surface area (Å²) < 4.78 is 39.1. The highest BCUT2D eigenvalue weighted by Crippen LogP contribution is 2.35. The average molecular weight is 374 g/mol. The second-order valence-corrected chi connectivity index (χ2v) is 5.63. The lowest BCUT2D eigenvalue weighted by Gasteiger charge is -2.19. The number of hydrogen-bond donors (Lipinski definition) is 4. The highest BCUT2D eigenvalue weighted by atomic mass is 19.4. The molecule has 0 saturated heterocycles. The van der Waals surface area contributed by atoms with Crippen molar-refractivity contribution >= 4 is 22.9 Å². The van der Waals surface area contributed by atoms with Crippen LogP contribution in [0.25, 0.3) is 0 Å². The molecule has 27 heavy (non-hydrogen) atoms. The molecule has 1 unspecified atom stereocenters. The van der Waals surface area contributed by atoms with Gasteiger partial charge in [0, 0.05) is 6.04 Å². The van der Waals surface area contributed by atoms with E-state index in [-0.39, 0.29) is 11.7 Å². The van der Waals surface area contributed by atoms with Gasteiger partial charge in [0.1, 0.15) is 6.07 Å². The molecule has 0 amide bonds. The molecule has 0 aromatic heterocycles. The summed E-state index contributed by atoms with van der Waals surface area (Å²) in [6.45, 7) is 1.86. The van der Waals surface area contributed by atoms with Gasteiger partial charge in [-0.15, -0.1) is 0 Å². The fraction of sp³-hybridized carbons (Fsp3) is 0.167. The van der Waals surface area contributed by atoms with Gasteiger partial charge in [0.25, 0.3) is 0 Å². The lowest BCUT2D eigenvalue weighted by Crippen LogP contribution is -2.22. The molecule has 0 aliphatic rings. The maximum atomic E-state index is 13.0. The van der Waals surface area contributed by atoms with E-state index in [9.17, 15) is 13.2 Å². The van der Waals surface area contributed by atoms with Gasteiger partial charge in [0.15, 0.2) is 5.84 Å². The predicted molar refractivity (Wildman–Crippen MR) is 98.5 cm³/mol. The number of alkyl halides is 3. The Morgan fingerprint density at radius 3 is 2.41 bits per heavy atom. The Morgan fingerprint density at radius 2 is 1.85 bits per heavy atom. The number of benzene rings is 2. The van der Waals surface area contributed by atoms with Crippen molar-refractivity contribution in [1.29, 1.82) is 10.7 Å². The molecule has 0 fully saturated rings. The summed E-state index contributed by atoms with van der Waals surface area (Å²) in [5, 5.41) is 22.8. The molecule has 0 heterocycles. The van der Waals surface area contributed by atoms with Crippen molar-refractivity contribution in [2.75, 3.05) is 10.7 Å². The van der Waals surface area contributed by atoms with E-state index in [1.807, 2.05) is 37.3 Å². The zero-order valence-corrected chi connectivity index (χ0v) is 14.3. The van der Waals surface area contributed by atoms with Gasteiger partial charge in [-0.05, 0) is 30.7 Å². The van der Waals surface area contributed by atoms with Gasteiger partial charge in [0.2, 0.25) is 5.71 Å². The summed E-state index contributed by atoms with van der Waals surface area (Å²) in [5.74, 6) is -0.593. The van der Waals surface area contributed by atoms with E-state index in [0.717, 1.165) is 17.7 Å². The molecule has 0 aliphatic heterocycles. The Kier molecular flexibility index (Phi) is 6.03. The number of rotatable bonds is 6. The summed E-state index contributed by atoms with van der Waals surface area (Å²) >= 11 is 0. The number of anilines is 2. The fourth-order valence-corrected chi connectivity index (χ4v) is 2.26. The summed E-state index contributed by atoms with van der Waals surface area (Å²) in [6, 6.07) is 13.8. The number of nitrogens with two attached hydrogens (primary N) is 1. The van der Waals surface area contributed by atoms with Crippen LogP contribution in [-0.4, -0.2) is 11.5 Å². The first-order valence-corrected chi connectivity index (χ1v) is 7.83. The van der Waals surface area contributed by atoms with Gasteiger partial charge < -0.3 is 11.1 Å². The van der Waals surface area contributed by atoms with Crippen molar-refractivity contribution in [2.24, 2.45) is 10.8 Å². The first kappa shape index (κ1) is 19.8. The van der Waals surface area contributed by atoms with Gasteiger partial charge in [-0.2, -0.15) is 23.5 Å². The molecule has 0 radical (unpaired) electrons. The van der Waals surface area contributed by atoms with Crippen molar-refractivity contribution in [3.05, 3.63) is 59.7 Å². The summed E-state index contributed by atoms with van der Waals surface area (Å²) in [6.07, 6.45) is -4.54. The number of amidine groups is 1. The van der Waals surface area contributed by atoms with E-state index in [1.165, 1.54) is 6.07 Å². The Bertz CT molecular complexity index is 884. The molecule has 2 aromatic rings. The van der Waals surface area contributed by atoms with Crippen LogP contribution in [0.2, 0.25) is 0 Å². The summed E-state index contributed by atoms with van der Waals surface area (Å²) in [7, 11) is 0. The van der Waals surface area contributed by atoms with Crippen molar-refractivity contribution in [3.8, 4) is 6.07 Å². The summed E-state index contributed by atoms with van der Waals surface area (Å²) in [5.41, 5.74) is 7.58. The molecule has 5 N–H and O–H groups in total. The molecule has 0 spiro atoms. The molecule has 0 aliphatic carbocycles. The predicted octanol–water partition coefficient (Wildman–Crippen LogP) is 4.11. The van der Waals surface area contributed by atoms with Gasteiger partial charge >= 0.3 is 6.18 Å². The van der Waals surface area contributed by atoms with Crippen molar-refractivity contribution < 1.29 is 13.2 Å². The third-order valence-corrected chi connectivity index (χ3v) is 3.67. The van der Waals surface area contributed by atoms with E-state index < -0.39 is 23.3 Å². The maximum Gasteiger partial charge on any atom is 0.416 e. The summed E-state index contributed by atoms with van der Waals surface area (Å²) in [4.78, 5) is 0. The van der Waals surface area contributed by atoms with Crippen LogP contribution in [0.4, 0.5) is 24.5 Å². The molecule has 6 nitrogen and oxygen atoms in total. The molecule has 140 valence electrons. The van der Waals surface area contributed by atoms with Gasteiger partial charge in [-0.1, -0.05) is 30.3 Å². The number of nitriles is 1. The van der Waals surface area contributed by atoms with Crippen LogP contribution in [0.15, 0.2) is 53.6 Å². The fourth-order valence-electron chi connectivity index (χ4n) is 2.26. The van der Waals surface area contributed by atoms with E-state index in [1.54, 1.807) is 6.07 Å². The van der Waals surface area contributed by atoms with Crippen molar-refractivity contribution in [2.45, 2.75) is 19.1 Å². The van der Waals surface area contributed by atoms with Crippen LogP contribution in [0.5, 0.6) is 0 Å². The standard InChI is InChI=1S/C18H17F3N6/c1-11(12-5-3-2-4-6-12)25-14-8-7-13(18(19,20)21)9-15(14)26-27-16(10-22)17(23)24/h2-9,11,25-26H,1H3,(H3,23,24)/b27-16+. The third-order valence-electron chi connectivity index (χ3n) is 3.67. The van der Waals surface area contributed by atoms with Crippen LogP contribution in [0, 0.1) is 16.7 Å². The topological polar surface area (TPSA) is 110 Å². The van der Waals surface area contributed by atoms with E-state index in [2.05, 4.69) is 15.8 Å². The third kappa shape index (κ3) is 5.22. The molecule has 0 bridgehead atoms. The number of halogens is 3. The Morgan fingerprint density at radius 1 is 1.19 bits per heavy atom. The molecular formula is C18H17F3N6. The monoisotopic (exact) mass is 374 g/mol. The molecular weight excluding hydrogens is 357 g/mol. The van der Waals surface area contributed by atoms with E-state index in [0.29, 0.717) is 5.69 Å². The van der Waals surface area contributed by atoms with E-state index in [4.69, 9.17) is 16.4 Å². The van der Waals surface area contributed by atoms with Crippen molar-refractivity contribution in [3.63, 3.8) is 0 Å². The number of hydrogen-bond acceptors (Lipinski definition) is 5. The highest BCUT2D eigenvalue weighted by Gasteiger charge is 2.31. The first-order chi connectivity index (χ1) is 12.7. The minimum Gasteiger partial charge on any atom is -0.382 e. The average Bonchev–Trinajstić information content (AvgIpc) is 2.62. The van der Waals surface area contributed by atoms with Gasteiger partial charge in [-0.3, -0.25) is 10.8 Å². The van der Waals surface area contributed by atoms with Crippen LogP contribution in [0.3, 0.4) is 0 Å². The molecule has 2 aromatic carbocycles. The van der Waals surface area contributed by atoms with Crippen LogP contribution in [-0.2, 0) is 6.18 Å². The zero-order chi connectivity index (χ0) is 20.0. The SMILES string of the molecule is CC(Nc1ccc(C(F)(F)F)cc1N/N=C(\C#N)C(=N)N)c1ccccc1. The molecule has 9 heteroatoms. The Labute approximate surface area is 154 Å². The minimum absolute atomic E-state index is 0.00149. The van der Waals surface area contributed by atoms with Gasteiger partial charge in [-0.25, -0.2) is 0 Å². The lowest BCUT2D eigenvalue weighted by atomic mass is 10.1. The van der Waals surface area contributed by atoms with Crippen LogP contribution in [0.1, 0.15) is 24.1 Å². The highest BCUT2D eigenvalue weighted by molar-refractivity contribution is 6.45. The Hall–Kier alpha value is -3.54. The minimum atomic E-state index is -4.54. The van der Waals surface area contributed by atoms with Gasteiger partial charge in [0.05, 0.1) is 16.9 Å². The maximum absolute atomic E-state index is 13.0. The molecule has 1 atom stereocenters. The Balaban J connectivity index is 2.38. The van der Waals surface area contributed by atoms with Crippen LogP contribution >= 0.6 is 0 Å². The molecule has 0 saturated carbocycles. The number of hydrazone groups is 1. The second kappa shape index (κ2) is 8.23. The molecule has 2 rings (SSSR count). The number of nitrogens with one attached hydrogen (secondary N) is 3. The van der Waals surface area contributed by atoms with Crippen molar-refractivity contribution in [1.82, 2.24) is 0 Å². The quantitative estimate of drug-likeness (QED) is 0.346.